The lowest BCUT2D eigenvalue weighted by atomic mass is 9.95. The van der Waals surface area contributed by atoms with Gasteiger partial charge in [-0.2, -0.15) is 5.10 Å². The third-order valence-electron chi connectivity index (χ3n) is 4.98. The summed E-state index contributed by atoms with van der Waals surface area (Å²) in [6.07, 6.45) is 4.08. The van der Waals surface area contributed by atoms with Crippen LogP contribution in [0.1, 0.15) is 30.6 Å². The van der Waals surface area contributed by atoms with Crippen molar-refractivity contribution >= 4 is 5.91 Å². The van der Waals surface area contributed by atoms with Gasteiger partial charge in [-0.15, -0.1) is 0 Å². The van der Waals surface area contributed by atoms with E-state index < -0.39 is 0 Å². The maximum atomic E-state index is 12.5. The molecule has 0 radical (unpaired) electrons. The summed E-state index contributed by atoms with van der Waals surface area (Å²) in [5, 5.41) is 7.17. The van der Waals surface area contributed by atoms with E-state index in [9.17, 15) is 4.79 Å². The molecule has 7 nitrogen and oxygen atoms in total. The Morgan fingerprint density at radius 3 is 2.60 bits per heavy atom. The molecule has 2 aromatic rings. The largest absolute Gasteiger partial charge is 0.379 e. The van der Waals surface area contributed by atoms with Gasteiger partial charge in [0.25, 0.3) is 5.91 Å². The Bertz CT molecular complexity index is 680. The van der Waals surface area contributed by atoms with Crippen LogP contribution in [0.3, 0.4) is 0 Å². The SMILES string of the molecule is CC[C@@](C)(CNC(=O)c1ccc(-n2cncn2)cc1)N1CCOCC1. The zero-order valence-electron chi connectivity index (χ0n) is 14.8. The zero-order valence-corrected chi connectivity index (χ0v) is 14.8. The highest BCUT2D eigenvalue weighted by Crippen LogP contribution is 2.20. The van der Waals surface area contributed by atoms with Crippen molar-refractivity contribution in [3.8, 4) is 5.69 Å². The molecule has 1 saturated heterocycles. The predicted molar refractivity (Wildman–Crippen MR) is 94.8 cm³/mol. The van der Waals surface area contributed by atoms with Crippen molar-refractivity contribution < 1.29 is 9.53 Å². The Kier molecular flexibility index (Phi) is 5.45. The van der Waals surface area contributed by atoms with Crippen LogP contribution in [0.4, 0.5) is 0 Å². The number of hydrogen-bond donors (Lipinski definition) is 1. The molecule has 1 aromatic heterocycles. The molecule has 3 rings (SSSR count). The van der Waals surface area contributed by atoms with Crippen molar-refractivity contribution in [3.05, 3.63) is 42.5 Å². The maximum Gasteiger partial charge on any atom is 0.251 e. The van der Waals surface area contributed by atoms with Crippen LogP contribution in [0, 0.1) is 0 Å². The molecule has 0 spiro atoms. The van der Waals surface area contributed by atoms with Crippen LogP contribution in [0.25, 0.3) is 5.69 Å². The standard InChI is InChI=1S/C18H25N5O2/c1-3-18(2,22-8-10-25-11-9-22)12-20-17(24)15-4-6-16(7-5-15)23-14-19-13-21-23/h4-7,13-14H,3,8-12H2,1-2H3,(H,20,24)/t18-/m0/s1. The van der Waals surface area contributed by atoms with Crippen LogP contribution in [-0.4, -0.2) is 64.0 Å². The molecule has 0 saturated carbocycles. The van der Waals surface area contributed by atoms with Gasteiger partial charge in [-0.1, -0.05) is 6.92 Å². The lowest BCUT2D eigenvalue weighted by Gasteiger charge is -2.43. The predicted octanol–water partition coefficient (Wildman–Crippen LogP) is 1.50. The highest BCUT2D eigenvalue weighted by Gasteiger charge is 2.31. The van der Waals surface area contributed by atoms with Gasteiger partial charge in [-0.25, -0.2) is 9.67 Å². The van der Waals surface area contributed by atoms with Crippen molar-refractivity contribution in [2.45, 2.75) is 25.8 Å². The highest BCUT2D eigenvalue weighted by molar-refractivity contribution is 5.94. The van der Waals surface area contributed by atoms with Crippen LogP contribution >= 0.6 is 0 Å². The number of aromatic nitrogens is 3. The van der Waals surface area contributed by atoms with Crippen molar-refractivity contribution in [3.63, 3.8) is 0 Å². The van der Waals surface area contributed by atoms with Gasteiger partial charge >= 0.3 is 0 Å². The van der Waals surface area contributed by atoms with E-state index in [1.54, 1.807) is 11.0 Å². The Morgan fingerprint density at radius 2 is 2.00 bits per heavy atom. The Morgan fingerprint density at radius 1 is 1.28 bits per heavy atom. The molecule has 0 unspecified atom stereocenters. The number of carbonyl (C=O) groups excluding carboxylic acids is 1. The monoisotopic (exact) mass is 343 g/mol. The first-order valence-electron chi connectivity index (χ1n) is 8.68. The van der Waals surface area contributed by atoms with E-state index in [2.05, 4.69) is 34.1 Å². The molecule has 1 atom stereocenters. The summed E-state index contributed by atoms with van der Waals surface area (Å²) < 4.78 is 7.10. The first kappa shape index (κ1) is 17.6. The van der Waals surface area contributed by atoms with Gasteiger partial charge in [0.15, 0.2) is 0 Å². The maximum absolute atomic E-state index is 12.5. The topological polar surface area (TPSA) is 72.3 Å². The molecule has 0 bridgehead atoms. The van der Waals surface area contributed by atoms with Crippen LogP contribution in [0.5, 0.6) is 0 Å². The molecule has 7 heteroatoms. The number of nitrogens with one attached hydrogen (secondary N) is 1. The molecule has 0 aliphatic carbocycles. The fourth-order valence-electron chi connectivity index (χ4n) is 3.04. The quantitative estimate of drug-likeness (QED) is 0.860. The molecule has 1 aromatic carbocycles. The number of ether oxygens (including phenoxy) is 1. The zero-order chi connectivity index (χ0) is 17.7. The fourth-order valence-corrected chi connectivity index (χ4v) is 3.04. The second-order valence-corrected chi connectivity index (χ2v) is 6.52. The fraction of sp³-hybridized carbons (Fsp3) is 0.500. The summed E-state index contributed by atoms with van der Waals surface area (Å²) in [6.45, 7) is 8.31. The summed E-state index contributed by atoms with van der Waals surface area (Å²) in [7, 11) is 0. The Hall–Kier alpha value is -2.25. The second-order valence-electron chi connectivity index (χ2n) is 6.52. The normalized spacial score (nSPS) is 17.8. The number of rotatable bonds is 6. The summed E-state index contributed by atoms with van der Waals surface area (Å²) in [6, 6.07) is 7.35. The third kappa shape index (κ3) is 4.05. The molecule has 2 heterocycles. The third-order valence-corrected chi connectivity index (χ3v) is 4.98. The summed E-state index contributed by atoms with van der Waals surface area (Å²) in [5.41, 5.74) is 1.46. The van der Waals surface area contributed by atoms with E-state index in [1.807, 2.05) is 24.3 Å². The van der Waals surface area contributed by atoms with Gasteiger partial charge in [0, 0.05) is 30.7 Å². The first-order chi connectivity index (χ1) is 12.1. The minimum atomic E-state index is -0.0573. The van der Waals surface area contributed by atoms with Crippen LogP contribution in [0.2, 0.25) is 0 Å². The molecule has 1 N–H and O–H groups in total. The van der Waals surface area contributed by atoms with Gasteiger partial charge in [-0.3, -0.25) is 9.69 Å². The van der Waals surface area contributed by atoms with Crippen molar-refractivity contribution in [1.82, 2.24) is 25.0 Å². The van der Waals surface area contributed by atoms with Gasteiger partial charge in [0.1, 0.15) is 12.7 Å². The lowest BCUT2D eigenvalue weighted by molar-refractivity contribution is -0.0169. The van der Waals surface area contributed by atoms with E-state index in [0.29, 0.717) is 12.1 Å². The van der Waals surface area contributed by atoms with Gasteiger partial charge in [0.05, 0.1) is 18.9 Å². The van der Waals surface area contributed by atoms with Crippen LogP contribution in [0.15, 0.2) is 36.9 Å². The molecule has 1 aliphatic heterocycles. The number of benzene rings is 1. The van der Waals surface area contributed by atoms with Gasteiger partial charge in [-0.05, 0) is 37.6 Å². The molecule has 25 heavy (non-hydrogen) atoms. The average molecular weight is 343 g/mol. The molecular weight excluding hydrogens is 318 g/mol. The van der Waals surface area contributed by atoms with E-state index in [0.717, 1.165) is 38.4 Å². The van der Waals surface area contributed by atoms with E-state index in [-0.39, 0.29) is 11.4 Å². The minimum Gasteiger partial charge on any atom is -0.379 e. The Labute approximate surface area is 148 Å². The number of amides is 1. The van der Waals surface area contributed by atoms with Crippen LogP contribution in [-0.2, 0) is 4.74 Å². The molecule has 1 aliphatic rings. The summed E-state index contributed by atoms with van der Waals surface area (Å²) >= 11 is 0. The molecular formula is C18H25N5O2. The van der Waals surface area contributed by atoms with Gasteiger partial charge in [0.2, 0.25) is 0 Å². The lowest BCUT2D eigenvalue weighted by Crippen LogP contribution is -2.56. The van der Waals surface area contributed by atoms with Gasteiger partial charge < -0.3 is 10.1 Å². The van der Waals surface area contributed by atoms with E-state index >= 15 is 0 Å². The van der Waals surface area contributed by atoms with Crippen molar-refractivity contribution in [2.24, 2.45) is 0 Å². The smallest absolute Gasteiger partial charge is 0.251 e. The molecule has 1 fully saturated rings. The number of carbonyl (C=O) groups is 1. The number of nitrogens with zero attached hydrogens (tertiary/aromatic N) is 4. The van der Waals surface area contributed by atoms with Crippen LogP contribution < -0.4 is 5.32 Å². The minimum absolute atomic E-state index is 0.0554. The Balaban J connectivity index is 1.61. The summed E-state index contributed by atoms with van der Waals surface area (Å²) in [5.74, 6) is -0.0573. The number of hydrogen-bond acceptors (Lipinski definition) is 5. The van der Waals surface area contributed by atoms with Crippen molar-refractivity contribution in [1.29, 1.82) is 0 Å². The molecule has 134 valence electrons. The average Bonchev–Trinajstić information content (AvgIpc) is 3.21. The van der Waals surface area contributed by atoms with Crippen molar-refractivity contribution in [2.75, 3.05) is 32.8 Å². The number of morpholine rings is 1. The van der Waals surface area contributed by atoms with E-state index in [1.165, 1.54) is 6.33 Å². The second kappa shape index (κ2) is 7.76. The first-order valence-corrected chi connectivity index (χ1v) is 8.68. The highest BCUT2D eigenvalue weighted by atomic mass is 16.5. The van der Waals surface area contributed by atoms with E-state index in [4.69, 9.17) is 4.74 Å². The summed E-state index contributed by atoms with van der Waals surface area (Å²) in [4.78, 5) is 18.8. The molecule has 1 amide bonds.